The molecule has 0 spiro atoms. The molecular formula is C32H28F4O2. The van der Waals surface area contributed by atoms with E-state index in [9.17, 15) is 13.9 Å². The average molecular weight is 521 g/mol. The van der Waals surface area contributed by atoms with E-state index < -0.39 is 29.4 Å². The fourth-order valence-electron chi connectivity index (χ4n) is 4.72. The molecule has 0 radical (unpaired) electrons. The van der Waals surface area contributed by atoms with E-state index in [4.69, 9.17) is 4.74 Å². The van der Waals surface area contributed by atoms with Crippen molar-refractivity contribution in [3.63, 3.8) is 0 Å². The normalized spacial score (nSPS) is 15.5. The number of aryl methyl sites for hydroxylation is 2. The van der Waals surface area contributed by atoms with Crippen molar-refractivity contribution in [3.8, 4) is 22.3 Å². The van der Waals surface area contributed by atoms with Gasteiger partial charge < -0.3 is 9.84 Å². The minimum Gasteiger partial charge on any atom is -0.388 e. The summed E-state index contributed by atoms with van der Waals surface area (Å²) in [6, 6.07) is 20.0. The van der Waals surface area contributed by atoms with Crippen LogP contribution in [-0.4, -0.2) is 11.7 Å². The number of rotatable bonds is 9. The van der Waals surface area contributed by atoms with E-state index in [1.54, 1.807) is 72.8 Å². The van der Waals surface area contributed by atoms with E-state index in [1.807, 2.05) is 6.92 Å². The van der Waals surface area contributed by atoms with Gasteiger partial charge in [-0.15, -0.1) is 0 Å². The molecule has 6 heteroatoms. The second-order valence-electron chi connectivity index (χ2n) is 9.68. The number of aliphatic hydroxyl groups is 1. The van der Waals surface area contributed by atoms with E-state index in [1.165, 1.54) is 0 Å². The minimum absolute atomic E-state index is 0.138. The van der Waals surface area contributed by atoms with Gasteiger partial charge in [0.1, 0.15) is 6.10 Å². The van der Waals surface area contributed by atoms with Crippen molar-refractivity contribution in [2.75, 3.05) is 6.61 Å². The maximum atomic E-state index is 15.1. The predicted molar refractivity (Wildman–Crippen MR) is 140 cm³/mol. The first kappa shape index (κ1) is 26.1. The lowest BCUT2D eigenvalue weighted by molar-refractivity contribution is 0.166. The van der Waals surface area contributed by atoms with Gasteiger partial charge in [-0.2, -0.15) is 0 Å². The molecule has 1 saturated heterocycles. The van der Waals surface area contributed by atoms with Crippen molar-refractivity contribution < 1.29 is 27.4 Å². The molecule has 0 saturated carbocycles. The van der Waals surface area contributed by atoms with Crippen molar-refractivity contribution in [1.29, 1.82) is 0 Å². The van der Waals surface area contributed by atoms with Crippen LogP contribution in [0.25, 0.3) is 22.3 Å². The highest BCUT2D eigenvalue weighted by atomic mass is 19.2. The molecule has 38 heavy (non-hydrogen) atoms. The topological polar surface area (TPSA) is 32.8 Å². The zero-order valence-corrected chi connectivity index (χ0v) is 21.0. The average Bonchev–Trinajstić information content (AvgIpc) is 3.77. The lowest BCUT2D eigenvalue weighted by Gasteiger charge is -2.12. The standard InChI is InChI=1S/C32H28F4O2/c1-2-3-27(37)22-12-10-21(11-13-22)25-17-16-24(30(34)31(25)35)20-7-4-19(5-8-20)6-9-23-14-15-26(28-18-38-28)32(36)29(23)33/h4-5,7-8,10-17,27-28,37H,2-3,6,9,18H2,1H3. The highest BCUT2D eigenvalue weighted by Crippen LogP contribution is 2.34. The molecular weight excluding hydrogens is 492 g/mol. The molecule has 1 aliphatic heterocycles. The molecule has 0 aliphatic carbocycles. The number of halogens is 4. The molecule has 2 nitrogen and oxygen atoms in total. The first-order valence-corrected chi connectivity index (χ1v) is 12.8. The molecule has 0 aromatic heterocycles. The second kappa shape index (κ2) is 11.1. The highest BCUT2D eigenvalue weighted by molar-refractivity contribution is 5.72. The number of epoxide rings is 1. The Hall–Kier alpha value is -3.48. The van der Waals surface area contributed by atoms with Gasteiger partial charge in [-0.05, 0) is 47.1 Å². The Balaban J connectivity index is 1.29. The summed E-state index contributed by atoms with van der Waals surface area (Å²) in [6.45, 7) is 2.39. The smallest absolute Gasteiger partial charge is 0.167 e. The summed E-state index contributed by atoms with van der Waals surface area (Å²) in [5.74, 6) is -3.58. The molecule has 1 fully saturated rings. The summed E-state index contributed by atoms with van der Waals surface area (Å²) < 4.78 is 63.9. The Morgan fingerprint density at radius 1 is 0.737 bits per heavy atom. The Kier molecular flexibility index (Phi) is 7.63. The molecule has 0 amide bonds. The molecule has 0 bridgehead atoms. The van der Waals surface area contributed by atoms with Gasteiger partial charge in [0.15, 0.2) is 23.3 Å². The van der Waals surface area contributed by atoms with Gasteiger partial charge in [0.2, 0.25) is 0 Å². The van der Waals surface area contributed by atoms with Gasteiger partial charge in [-0.3, -0.25) is 0 Å². The van der Waals surface area contributed by atoms with Gasteiger partial charge in [0, 0.05) is 16.7 Å². The number of aliphatic hydroxyl groups excluding tert-OH is 1. The first-order valence-electron chi connectivity index (χ1n) is 12.8. The molecule has 196 valence electrons. The molecule has 1 N–H and O–H groups in total. The van der Waals surface area contributed by atoms with Crippen LogP contribution >= 0.6 is 0 Å². The van der Waals surface area contributed by atoms with Crippen LogP contribution in [-0.2, 0) is 17.6 Å². The number of hydrogen-bond acceptors (Lipinski definition) is 2. The second-order valence-corrected chi connectivity index (χ2v) is 9.68. The van der Waals surface area contributed by atoms with Crippen molar-refractivity contribution in [2.45, 2.75) is 44.8 Å². The summed E-state index contributed by atoms with van der Waals surface area (Å²) in [5.41, 5.74) is 3.47. The maximum absolute atomic E-state index is 15.1. The summed E-state index contributed by atoms with van der Waals surface area (Å²) in [7, 11) is 0. The Morgan fingerprint density at radius 3 is 1.87 bits per heavy atom. The van der Waals surface area contributed by atoms with Gasteiger partial charge in [0.05, 0.1) is 12.7 Å². The van der Waals surface area contributed by atoms with E-state index in [-0.39, 0.29) is 28.4 Å². The van der Waals surface area contributed by atoms with Gasteiger partial charge in [-0.25, -0.2) is 17.6 Å². The van der Waals surface area contributed by atoms with E-state index in [0.29, 0.717) is 37.0 Å². The van der Waals surface area contributed by atoms with Crippen LogP contribution in [0.1, 0.15) is 54.2 Å². The zero-order chi connectivity index (χ0) is 26.8. The molecule has 4 aromatic rings. The van der Waals surface area contributed by atoms with Crippen molar-refractivity contribution in [2.24, 2.45) is 0 Å². The summed E-state index contributed by atoms with van der Waals surface area (Å²) in [5, 5.41) is 10.1. The third-order valence-corrected chi connectivity index (χ3v) is 7.07. The molecule has 1 aliphatic rings. The zero-order valence-electron chi connectivity index (χ0n) is 21.0. The Bertz CT molecular complexity index is 1430. The highest BCUT2D eigenvalue weighted by Gasteiger charge is 2.30. The van der Waals surface area contributed by atoms with Crippen molar-refractivity contribution in [1.82, 2.24) is 0 Å². The van der Waals surface area contributed by atoms with Crippen LogP contribution in [0.15, 0.2) is 72.8 Å². The van der Waals surface area contributed by atoms with Crippen LogP contribution in [0.5, 0.6) is 0 Å². The minimum atomic E-state index is -0.942. The third kappa shape index (κ3) is 5.38. The quantitative estimate of drug-likeness (QED) is 0.178. The summed E-state index contributed by atoms with van der Waals surface area (Å²) >= 11 is 0. The fourth-order valence-corrected chi connectivity index (χ4v) is 4.72. The number of benzene rings is 4. The lowest BCUT2D eigenvalue weighted by Crippen LogP contribution is -2.01. The SMILES string of the molecule is CCCC(O)c1ccc(-c2ccc(-c3ccc(CCc4ccc(C5CO5)c(F)c4F)cc3)c(F)c2F)cc1. The van der Waals surface area contributed by atoms with Crippen molar-refractivity contribution in [3.05, 3.63) is 118 Å². The molecule has 1 heterocycles. The monoisotopic (exact) mass is 520 g/mol. The Labute approximate surface area is 219 Å². The lowest BCUT2D eigenvalue weighted by atomic mass is 9.96. The van der Waals surface area contributed by atoms with E-state index in [2.05, 4.69) is 0 Å². The molecule has 5 rings (SSSR count). The molecule has 2 atom stereocenters. The van der Waals surface area contributed by atoms with Gasteiger partial charge >= 0.3 is 0 Å². The first-order chi connectivity index (χ1) is 18.4. The van der Waals surface area contributed by atoms with Crippen LogP contribution in [0, 0.1) is 23.3 Å². The third-order valence-electron chi connectivity index (χ3n) is 7.07. The summed E-state index contributed by atoms with van der Waals surface area (Å²) in [4.78, 5) is 0. The fraction of sp³-hybridized carbons (Fsp3) is 0.250. The Morgan fingerprint density at radius 2 is 1.32 bits per heavy atom. The molecule has 2 unspecified atom stereocenters. The largest absolute Gasteiger partial charge is 0.388 e. The van der Waals surface area contributed by atoms with Crippen LogP contribution < -0.4 is 0 Å². The van der Waals surface area contributed by atoms with Gasteiger partial charge in [-0.1, -0.05) is 86.1 Å². The van der Waals surface area contributed by atoms with Crippen molar-refractivity contribution >= 4 is 0 Å². The van der Waals surface area contributed by atoms with Gasteiger partial charge in [0.25, 0.3) is 0 Å². The van der Waals surface area contributed by atoms with Crippen LogP contribution in [0.2, 0.25) is 0 Å². The van der Waals surface area contributed by atoms with Crippen LogP contribution in [0.3, 0.4) is 0 Å². The van der Waals surface area contributed by atoms with Crippen LogP contribution in [0.4, 0.5) is 17.6 Å². The maximum Gasteiger partial charge on any atom is 0.167 e. The molecule has 4 aromatic carbocycles. The number of ether oxygens (including phenoxy) is 1. The van der Waals surface area contributed by atoms with E-state index >= 15 is 8.78 Å². The van der Waals surface area contributed by atoms with E-state index in [0.717, 1.165) is 17.5 Å². The number of hydrogen-bond donors (Lipinski definition) is 1. The predicted octanol–water partition coefficient (Wildman–Crippen LogP) is 8.27. The summed E-state index contributed by atoms with van der Waals surface area (Å²) in [6.07, 6.45) is 1.32.